The highest BCUT2D eigenvalue weighted by atomic mass is 15.1. The molecule has 1 heterocycles. The molecule has 0 aromatic carbocycles. The van der Waals surface area contributed by atoms with Gasteiger partial charge in [-0.25, -0.2) is 0 Å². The molecule has 2 rings (SSSR count). The van der Waals surface area contributed by atoms with Crippen LogP contribution in [0.2, 0.25) is 0 Å². The first-order chi connectivity index (χ1) is 6.77. The summed E-state index contributed by atoms with van der Waals surface area (Å²) in [6.07, 6.45) is 10.1. The van der Waals surface area contributed by atoms with Crippen LogP contribution in [0.25, 0.3) is 0 Å². The maximum absolute atomic E-state index is 4.01. The summed E-state index contributed by atoms with van der Waals surface area (Å²) in [5, 5.41) is 6.90. The Morgan fingerprint density at radius 3 is 2.86 bits per heavy atom. The van der Waals surface area contributed by atoms with Crippen molar-refractivity contribution in [3.8, 4) is 0 Å². The zero-order chi connectivity index (χ0) is 9.97. The van der Waals surface area contributed by atoms with Crippen LogP contribution in [0.15, 0.2) is 24.0 Å². The van der Waals surface area contributed by atoms with Crippen molar-refractivity contribution in [2.45, 2.75) is 39.0 Å². The molecule has 2 heteroatoms. The Bertz CT molecular complexity index is 309. The molecule has 0 bridgehead atoms. The van der Waals surface area contributed by atoms with E-state index >= 15 is 0 Å². The molecule has 1 aromatic rings. The van der Waals surface area contributed by atoms with Crippen molar-refractivity contribution in [2.24, 2.45) is 5.92 Å². The molecule has 14 heavy (non-hydrogen) atoms. The summed E-state index contributed by atoms with van der Waals surface area (Å²) in [6.45, 7) is 4.56. The van der Waals surface area contributed by atoms with E-state index in [1.807, 2.05) is 12.4 Å². The molecule has 0 radical (unpaired) electrons. The summed E-state index contributed by atoms with van der Waals surface area (Å²) in [7, 11) is 0. The molecular weight excluding hydrogens is 172 g/mol. The number of aromatic amines is 1. The average Bonchev–Trinajstić information content (AvgIpc) is 2.71. The zero-order valence-electron chi connectivity index (χ0n) is 8.96. The van der Waals surface area contributed by atoms with E-state index in [9.17, 15) is 0 Å². The van der Waals surface area contributed by atoms with Crippen LogP contribution in [-0.4, -0.2) is 10.2 Å². The maximum Gasteiger partial charge on any atom is 0.0522 e. The smallest absolute Gasteiger partial charge is 0.0522 e. The monoisotopic (exact) mass is 190 g/mol. The Morgan fingerprint density at radius 1 is 1.50 bits per heavy atom. The number of nitrogens with zero attached hydrogens (tertiary/aromatic N) is 1. The molecule has 1 unspecified atom stereocenters. The van der Waals surface area contributed by atoms with Crippen molar-refractivity contribution in [2.75, 3.05) is 0 Å². The largest absolute Gasteiger partial charge is 0.285 e. The van der Waals surface area contributed by atoms with Gasteiger partial charge in [-0.3, -0.25) is 5.10 Å². The van der Waals surface area contributed by atoms with Gasteiger partial charge in [-0.15, -0.1) is 0 Å². The third-order valence-electron chi connectivity index (χ3n) is 3.18. The third kappa shape index (κ3) is 1.89. The van der Waals surface area contributed by atoms with Crippen molar-refractivity contribution in [3.63, 3.8) is 0 Å². The molecule has 1 atom stereocenters. The van der Waals surface area contributed by atoms with Crippen molar-refractivity contribution < 1.29 is 0 Å². The standard InChI is InChI=1S/C12H18N2/c1-9(2)10-3-5-11(6-4-10)12-7-13-14-8-12/h3,7-9,11H,4-6H2,1-2H3,(H,13,14). The Morgan fingerprint density at radius 2 is 2.36 bits per heavy atom. The number of hydrogen-bond donors (Lipinski definition) is 1. The number of aromatic nitrogens is 2. The van der Waals surface area contributed by atoms with Gasteiger partial charge in [-0.05, 0) is 36.7 Å². The number of H-pyrrole nitrogens is 1. The Labute approximate surface area is 85.4 Å². The third-order valence-corrected chi connectivity index (χ3v) is 3.18. The lowest BCUT2D eigenvalue weighted by Crippen LogP contribution is -2.06. The number of rotatable bonds is 2. The van der Waals surface area contributed by atoms with Gasteiger partial charge in [0, 0.05) is 6.20 Å². The van der Waals surface area contributed by atoms with Gasteiger partial charge < -0.3 is 0 Å². The molecule has 0 aliphatic heterocycles. The number of allylic oxidation sites excluding steroid dienone is 2. The summed E-state index contributed by atoms with van der Waals surface area (Å²) in [4.78, 5) is 0. The highest BCUT2D eigenvalue weighted by molar-refractivity contribution is 5.18. The summed E-state index contributed by atoms with van der Waals surface area (Å²) in [5.74, 6) is 1.41. The SMILES string of the molecule is CC(C)C1=CCC(c2cn[nH]c2)CC1. The van der Waals surface area contributed by atoms with Crippen LogP contribution in [0, 0.1) is 5.92 Å². The predicted octanol–water partition coefficient (Wildman–Crippen LogP) is 3.26. The second-order valence-electron chi connectivity index (χ2n) is 4.44. The van der Waals surface area contributed by atoms with Crippen LogP contribution in [0.5, 0.6) is 0 Å². The van der Waals surface area contributed by atoms with Gasteiger partial charge in [0.15, 0.2) is 0 Å². The lowest BCUT2D eigenvalue weighted by atomic mass is 9.83. The lowest BCUT2D eigenvalue weighted by Gasteiger charge is -2.22. The van der Waals surface area contributed by atoms with Crippen LogP contribution in [-0.2, 0) is 0 Å². The Kier molecular flexibility index (Phi) is 2.71. The highest BCUT2D eigenvalue weighted by Gasteiger charge is 2.17. The maximum atomic E-state index is 4.01. The molecule has 2 nitrogen and oxygen atoms in total. The van der Waals surface area contributed by atoms with Crippen LogP contribution in [0.4, 0.5) is 0 Å². The minimum Gasteiger partial charge on any atom is -0.285 e. The summed E-state index contributed by atoms with van der Waals surface area (Å²) >= 11 is 0. The van der Waals surface area contributed by atoms with Gasteiger partial charge in [0.2, 0.25) is 0 Å². The fraction of sp³-hybridized carbons (Fsp3) is 0.583. The van der Waals surface area contributed by atoms with Crippen LogP contribution >= 0.6 is 0 Å². The van der Waals surface area contributed by atoms with Crippen molar-refractivity contribution in [3.05, 3.63) is 29.6 Å². The van der Waals surface area contributed by atoms with E-state index in [1.54, 1.807) is 5.57 Å². The first-order valence-electron chi connectivity index (χ1n) is 5.45. The molecule has 76 valence electrons. The molecular formula is C12H18N2. The van der Waals surface area contributed by atoms with E-state index in [0.717, 1.165) is 5.92 Å². The van der Waals surface area contributed by atoms with Gasteiger partial charge in [0.1, 0.15) is 0 Å². The fourth-order valence-electron chi connectivity index (χ4n) is 2.17. The fourth-order valence-corrected chi connectivity index (χ4v) is 2.17. The Balaban J connectivity index is 2.03. The van der Waals surface area contributed by atoms with Crippen molar-refractivity contribution in [1.82, 2.24) is 10.2 Å². The van der Waals surface area contributed by atoms with Crippen molar-refractivity contribution >= 4 is 0 Å². The van der Waals surface area contributed by atoms with E-state index in [4.69, 9.17) is 0 Å². The van der Waals surface area contributed by atoms with Gasteiger partial charge in [-0.1, -0.05) is 25.5 Å². The van der Waals surface area contributed by atoms with Gasteiger partial charge >= 0.3 is 0 Å². The molecule has 1 N–H and O–H groups in total. The van der Waals surface area contributed by atoms with E-state index in [1.165, 1.54) is 24.8 Å². The minimum absolute atomic E-state index is 0.691. The average molecular weight is 190 g/mol. The van der Waals surface area contributed by atoms with E-state index < -0.39 is 0 Å². The van der Waals surface area contributed by atoms with E-state index in [-0.39, 0.29) is 0 Å². The molecule has 0 amide bonds. The second kappa shape index (κ2) is 3.99. The number of hydrogen-bond acceptors (Lipinski definition) is 1. The van der Waals surface area contributed by atoms with Gasteiger partial charge in [0.05, 0.1) is 6.20 Å². The van der Waals surface area contributed by atoms with Gasteiger partial charge in [0.25, 0.3) is 0 Å². The summed E-state index contributed by atoms with van der Waals surface area (Å²) in [6, 6.07) is 0. The number of nitrogens with one attached hydrogen (secondary N) is 1. The quantitative estimate of drug-likeness (QED) is 0.712. The van der Waals surface area contributed by atoms with Gasteiger partial charge in [-0.2, -0.15) is 5.10 Å². The molecule has 1 aliphatic rings. The molecule has 0 spiro atoms. The van der Waals surface area contributed by atoms with E-state index in [0.29, 0.717) is 5.92 Å². The lowest BCUT2D eigenvalue weighted by molar-refractivity contribution is 0.558. The van der Waals surface area contributed by atoms with Crippen LogP contribution < -0.4 is 0 Å². The normalized spacial score (nSPS) is 22.5. The molecule has 0 saturated carbocycles. The van der Waals surface area contributed by atoms with Crippen LogP contribution in [0.1, 0.15) is 44.6 Å². The predicted molar refractivity (Wildman–Crippen MR) is 58.1 cm³/mol. The van der Waals surface area contributed by atoms with E-state index in [2.05, 4.69) is 30.1 Å². The second-order valence-corrected chi connectivity index (χ2v) is 4.44. The van der Waals surface area contributed by atoms with Crippen molar-refractivity contribution in [1.29, 1.82) is 0 Å². The van der Waals surface area contributed by atoms with Crippen LogP contribution in [0.3, 0.4) is 0 Å². The topological polar surface area (TPSA) is 28.7 Å². The summed E-state index contributed by atoms with van der Waals surface area (Å²) < 4.78 is 0. The molecule has 0 saturated heterocycles. The molecule has 1 aliphatic carbocycles. The first-order valence-corrected chi connectivity index (χ1v) is 5.45. The zero-order valence-corrected chi connectivity index (χ0v) is 8.96. The minimum atomic E-state index is 0.691. The Hall–Kier alpha value is -1.05. The highest BCUT2D eigenvalue weighted by Crippen LogP contribution is 2.33. The molecule has 1 aromatic heterocycles. The molecule has 0 fully saturated rings. The summed E-state index contributed by atoms with van der Waals surface area (Å²) in [5.41, 5.74) is 2.99. The first kappa shape index (κ1) is 9.50.